The molecule has 0 saturated heterocycles. The van der Waals surface area contributed by atoms with Crippen molar-refractivity contribution in [3.63, 3.8) is 0 Å². The van der Waals surface area contributed by atoms with E-state index >= 15 is 0 Å². The third kappa shape index (κ3) is 5.78. The first-order valence-corrected chi connectivity index (χ1v) is 11.5. The lowest BCUT2D eigenvalue weighted by Gasteiger charge is -2.24. The Morgan fingerprint density at radius 3 is 2.29 bits per heavy atom. The van der Waals surface area contributed by atoms with Crippen molar-refractivity contribution in [1.82, 2.24) is 5.43 Å². The van der Waals surface area contributed by atoms with Gasteiger partial charge < -0.3 is 9.84 Å². The molecule has 3 aromatic carbocycles. The maximum absolute atomic E-state index is 13.4. The van der Waals surface area contributed by atoms with Gasteiger partial charge >= 0.3 is 5.97 Å². The highest BCUT2D eigenvalue weighted by Crippen LogP contribution is 2.25. The fraction of sp³-hybridized carbons (Fsp3) is 0.125. The predicted molar refractivity (Wildman–Crippen MR) is 128 cm³/mol. The molecule has 0 aliphatic carbocycles. The van der Waals surface area contributed by atoms with Crippen LogP contribution in [0.25, 0.3) is 0 Å². The number of carboxylic acids is 1. The normalized spacial score (nSPS) is 11.2. The fourth-order valence-corrected chi connectivity index (χ4v) is 4.47. The van der Waals surface area contributed by atoms with E-state index in [0.717, 1.165) is 9.87 Å². The zero-order chi connectivity index (χ0) is 24.7. The Morgan fingerprint density at radius 2 is 1.68 bits per heavy atom. The monoisotopic (exact) mass is 481 g/mol. The van der Waals surface area contributed by atoms with Crippen LogP contribution in [0.15, 0.2) is 82.8 Å². The summed E-state index contributed by atoms with van der Waals surface area (Å²) in [6, 6.07) is 18.7. The van der Waals surface area contributed by atoms with Crippen molar-refractivity contribution in [2.24, 2.45) is 5.10 Å². The van der Waals surface area contributed by atoms with Crippen LogP contribution < -0.4 is 14.5 Å². The Labute approximate surface area is 197 Å². The number of ether oxygens (including phenoxy) is 1. The van der Waals surface area contributed by atoms with E-state index in [-0.39, 0.29) is 16.0 Å². The second kappa shape index (κ2) is 10.6. The molecular weight excluding hydrogens is 458 g/mol. The number of aromatic carboxylic acids is 1. The number of rotatable bonds is 9. The molecule has 34 heavy (non-hydrogen) atoms. The number of hydrogen-bond acceptors (Lipinski definition) is 6. The Balaban J connectivity index is 1.85. The van der Waals surface area contributed by atoms with Gasteiger partial charge in [-0.1, -0.05) is 35.9 Å². The zero-order valence-corrected chi connectivity index (χ0v) is 19.3. The molecule has 0 aromatic heterocycles. The van der Waals surface area contributed by atoms with Gasteiger partial charge in [0.1, 0.15) is 12.3 Å². The van der Waals surface area contributed by atoms with Crippen LogP contribution in [0.4, 0.5) is 5.69 Å². The number of amides is 1. The summed E-state index contributed by atoms with van der Waals surface area (Å²) in [4.78, 5) is 23.9. The van der Waals surface area contributed by atoms with Gasteiger partial charge in [0.2, 0.25) is 0 Å². The van der Waals surface area contributed by atoms with Gasteiger partial charge in [-0.15, -0.1) is 0 Å². The summed E-state index contributed by atoms with van der Waals surface area (Å²) in [7, 11) is -2.62. The van der Waals surface area contributed by atoms with E-state index in [1.165, 1.54) is 49.7 Å². The van der Waals surface area contributed by atoms with Crippen molar-refractivity contribution in [2.75, 3.05) is 18.0 Å². The first kappa shape index (κ1) is 24.5. The predicted octanol–water partition coefficient (Wildman–Crippen LogP) is 3.05. The Bertz CT molecular complexity index is 1300. The van der Waals surface area contributed by atoms with Crippen molar-refractivity contribution in [2.45, 2.75) is 11.8 Å². The molecule has 0 fully saturated rings. The summed E-state index contributed by atoms with van der Waals surface area (Å²) < 4.78 is 32.8. The summed E-state index contributed by atoms with van der Waals surface area (Å²) in [6.07, 6.45) is 1.19. The van der Waals surface area contributed by atoms with Crippen LogP contribution in [0, 0.1) is 6.92 Å². The van der Waals surface area contributed by atoms with Crippen LogP contribution in [0.3, 0.4) is 0 Å². The van der Waals surface area contributed by atoms with E-state index in [0.29, 0.717) is 11.4 Å². The zero-order valence-electron chi connectivity index (χ0n) is 18.5. The van der Waals surface area contributed by atoms with Gasteiger partial charge in [-0.2, -0.15) is 5.10 Å². The van der Waals surface area contributed by atoms with Gasteiger partial charge in [0.15, 0.2) is 0 Å². The summed E-state index contributed by atoms with van der Waals surface area (Å²) >= 11 is 0. The summed E-state index contributed by atoms with van der Waals surface area (Å²) in [6.45, 7) is 1.32. The lowest BCUT2D eigenvalue weighted by molar-refractivity contribution is -0.119. The SMILES string of the molecule is COc1ccc(S(=O)(=O)N(CC(=O)N/N=C\c2ccccc2C(=O)O)c2ccc(C)cc2)cc1. The van der Waals surface area contributed by atoms with Crippen LogP contribution >= 0.6 is 0 Å². The molecule has 0 aliphatic heterocycles. The largest absolute Gasteiger partial charge is 0.497 e. The number of nitrogens with one attached hydrogen (secondary N) is 1. The van der Waals surface area contributed by atoms with Crippen molar-refractivity contribution in [3.8, 4) is 5.75 Å². The van der Waals surface area contributed by atoms with Crippen molar-refractivity contribution >= 4 is 33.8 Å². The number of anilines is 1. The number of methoxy groups -OCH3 is 1. The molecule has 10 heteroatoms. The van der Waals surface area contributed by atoms with Crippen LogP contribution in [-0.2, 0) is 14.8 Å². The number of benzene rings is 3. The Kier molecular flexibility index (Phi) is 7.64. The van der Waals surface area contributed by atoms with E-state index in [9.17, 15) is 23.1 Å². The van der Waals surface area contributed by atoms with E-state index in [1.54, 1.807) is 36.4 Å². The molecule has 0 atom stereocenters. The fourth-order valence-electron chi connectivity index (χ4n) is 3.04. The number of carbonyl (C=O) groups is 2. The lowest BCUT2D eigenvalue weighted by Crippen LogP contribution is -2.39. The summed E-state index contributed by atoms with van der Waals surface area (Å²) in [5, 5.41) is 13.0. The third-order valence-corrected chi connectivity index (χ3v) is 6.63. The molecule has 0 saturated carbocycles. The topological polar surface area (TPSA) is 125 Å². The van der Waals surface area contributed by atoms with Gasteiger partial charge in [0.25, 0.3) is 15.9 Å². The van der Waals surface area contributed by atoms with E-state index < -0.39 is 28.4 Å². The first-order chi connectivity index (χ1) is 16.2. The number of hydrazone groups is 1. The molecule has 0 aliphatic rings. The van der Waals surface area contributed by atoms with Gasteiger partial charge in [-0.25, -0.2) is 18.6 Å². The minimum atomic E-state index is -4.09. The smallest absolute Gasteiger partial charge is 0.336 e. The summed E-state index contributed by atoms with van der Waals surface area (Å²) in [5.74, 6) is -1.35. The molecule has 0 heterocycles. The molecule has 0 spiro atoms. The van der Waals surface area contributed by atoms with Crippen molar-refractivity contribution in [1.29, 1.82) is 0 Å². The minimum absolute atomic E-state index is 0.0134. The Morgan fingerprint density at radius 1 is 1.03 bits per heavy atom. The highest BCUT2D eigenvalue weighted by atomic mass is 32.2. The second-order valence-electron chi connectivity index (χ2n) is 7.21. The number of carboxylic acid groups (broad SMARTS) is 1. The number of aryl methyl sites for hydroxylation is 1. The number of hydrogen-bond donors (Lipinski definition) is 2. The number of carbonyl (C=O) groups excluding carboxylic acids is 1. The first-order valence-electron chi connectivity index (χ1n) is 10.1. The maximum Gasteiger partial charge on any atom is 0.336 e. The van der Waals surface area contributed by atoms with Crippen molar-refractivity contribution < 1.29 is 27.9 Å². The highest BCUT2D eigenvalue weighted by Gasteiger charge is 2.27. The molecule has 2 N–H and O–H groups in total. The van der Waals surface area contributed by atoms with Crippen LogP contribution in [0.1, 0.15) is 21.5 Å². The number of nitrogens with zero attached hydrogens (tertiary/aromatic N) is 2. The summed E-state index contributed by atoms with van der Waals surface area (Å²) in [5.41, 5.74) is 3.80. The van der Waals surface area contributed by atoms with E-state index in [4.69, 9.17) is 4.74 Å². The van der Waals surface area contributed by atoms with E-state index in [2.05, 4.69) is 10.5 Å². The molecule has 176 valence electrons. The van der Waals surface area contributed by atoms with Crippen LogP contribution in [-0.4, -0.2) is 45.3 Å². The van der Waals surface area contributed by atoms with Gasteiger partial charge in [0, 0.05) is 5.56 Å². The minimum Gasteiger partial charge on any atom is -0.497 e. The molecule has 3 rings (SSSR count). The average molecular weight is 482 g/mol. The van der Waals surface area contributed by atoms with E-state index in [1.807, 2.05) is 6.92 Å². The lowest BCUT2D eigenvalue weighted by atomic mass is 10.1. The highest BCUT2D eigenvalue weighted by molar-refractivity contribution is 7.92. The van der Waals surface area contributed by atoms with Crippen molar-refractivity contribution in [3.05, 3.63) is 89.5 Å². The molecule has 3 aromatic rings. The maximum atomic E-state index is 13.4. The Hall–Kier alpha value is -4.18. The molecule has 0 unspecified atom stereocenters. The number of sulfonamides is 1. The second-order valence-corrected chi connectivity index (χ2v) is 9.07. The average Bonchev–Trinajstić information content (AvgIpc) is 2.83. The standard InChI is InChI=1S/C24H23N3O6S/c1-17-7-9-19(10-8-17)27(34(31,32)21-13-11-20(33-2)12-14-21)16-23(28)26-25-15-18-5-3-4-6-22(18)24(29)30/h3-15H,16H2,1-2H3,(H,26,28)(H,29,30)/b25-15-. The molecule has 0 bridgehead atoms. The van der Waals surface area contributed by atoms with Gasteiger partial charge in [0.05, 0.1) is 29.5 Å². The molecular formula is C24H23N3O6S. The molecule has 0 radical (unpaired) electrons. The molecule has 9 nitrogen and oxygen atoms in total. The van der Waals surface area contributed by atoms with Gasteiger partial charge in [-0.05, 0) is 49.4 Å². The van der Waals surface area contributed by atoms with Crippen LogP contribution in [0.5, 0.6) is 5.75 Å². The molecule has 1 amide bonds. The van der Waals surface area contributed by atoms with Crippen LogP contribution in [0.2, 0.25) is 0 Å². The third-order valence-electron chi connectivity index (χ3n) is 4.84. The van der Waals surface area contributed by atoms with Gasteiger partial charge in [-0.3, -0.25) is 9.10 Å². The quantitative estimate of drug-likeness (QED) is 0.357.